The summed E-state index contributed by atoms with van der Waals surface area (Å²) >= 11 is 0. The lowest BCUT2D eigenvalue weighted by Crippen LogP contribution is -2.45. The van der Waals surface area contributed by atoms with E-state index in [0.717, 1.165) is 24.0 Å². The zero-order valence-electron chi connectivity index (χ0n) is 31.3. The minimum atomic E-state index is -3.75. The number of rotatable bonds is 14. The molecule has 274 valence electrons. The average Bonchev–Trinajstić information content (AvgIpc) is 3.71. The average molecular weight is 729 g/mol. The predicted molar refractivity (Wildman–Crippen MR) is 200 cm³/mol. The maximum Gasteiger partial charge on any atom is 0.457 e. The number of benzene rings is 2. The third-order valence-corrected chi connectivity index (χ3v) is 16.8. The summed E-state index contributed by atoms with van der Waals surface area (Å²) in [6.45, 7) is 19.3. The fourth-order valence-corrected chi connectivity index (χ4v) is 8.68. The maximum absolute atomic E-state index is 13.6. The number of fused-ring (bicyclic) bond motifs is 1. The number of carbonyl (C=O) groups is 1. The standard InChI is InChI=1S/C37H54BFN2O7SSi/c1-35(2,3)50(9,10)46-27(17-19-38-47-36(4,5)37(6,7)48-38)18-20-41(49(8,43)44)30-23-31-29(22-28(30)25-13-14-25)33(34(40)42)32(45-31)21-24-11-15-26(39)16-12-24/h11-12,15-16,22-23,25,27H,13-14,17-21H2,1-10H3,(H2,40,42). The van der Waals surface area contributed by atoms with E-state index < -0.39 is 35.4 Å². The first kappa shape index (κ1) is 38.5. The third-order valence-electron chi connectivity index (χ3n) is 11.1. The highest BCUT2D eigenvalue weighted by atomic mass is 32.2. The molecule has 0 bridgehead atoms. The van der Waals surface area contributed by atoms with Gasteiger partial charge in [-0.25, -0.2) is 12.8 Å². The highest BCUT2D eigenvalue weighted by Gasteiger charge is 2.51. The fourth-order valence-electron chi connectivity index (χ4n) is 6.31. The van der Waals surface area contributed by atoms with Crippen LogP contribution in [0.4, 0.5) is 10.1 Å². The van der Waals surface area contributed by atoms with Crippen molar-refractivity contribution in [2.24, 2.45) is 5.73 Å². The number of furan rings is 1. The van der Waals surface area contributed by atoms with Crippen molar-refractivity contribution in [1.82, 2.24) is 0 Å². The molecule has 0 spiro atoms. The van der Waals surface area contributed by atoms with Crippen LogP contribution in [-0.4, -0.2) is 59.9 Å². The molecule has 0 radical (unpaired) electrons. The summed E-state index contributed by atoms with van der Waals surface area (Å²) in [4.78, 5) is 12.8. The third kappa shape index (κ3) is 8.33. The molecule has 1 saturated heterocycles. The molecule has 1 saturated carbocycles. The van der Waals surface area contributed by atoms with E-state index in [1.165, 1.54) is 22.7 Å². The van der Waals surface area contributed by atoms with Gasteiger partial charge in [0.05, 0.1) is 28.7 Å². The van der Waals surface area contributed by atoms with E-state index in [-0.39, 0.29) is 48.5 Å². The number of primary amides is 1. The van der Waals surface area contributed by atoms with Gasteiger partial charge in [-0.3, -0.25) is 9.10 Å². The Labute approximate surface area is 298 Å². The molecule has 2 N–H and O–H groups in total. The molecule has 1 aliphatic carbocycles. The van der Waals surface area contributed by atoms with E-state index in [1.54, 1.807) is 18.2 Å². The quantitative estimate of drug-likeness (QED) is 0.166. The van der Waals surface area contributed by atoms with Gasteiger partial charge in [-0.05, 0) is 113 Å². The number of nitrogens with zero attached hydrogens (tertiary/aromatic N) is 1. The van der Waals surface area contributed by atoms with E-state index in [0.29, 0.717) is 41.6 Å². The second-order valence-electron chi connectivity index (χ2n) is 16.6. The Morgan fingerprint density at radius 2 is 1.68 bits per heavy atom. The summed E-state index contributed by atoms with van der Waals surface area (Å²) in [6, 6.07) is 9.59. The number of nitrogens with two attached hydrogens (primary N) is 1. The second-order valence-corrected chi connectivity index (χ2v) is 23.3. The van der Waals surface area contributed by atoms with Gasteiger partial charge in [0.25, 0.3) is 5.91 Å². The molecule has 2 aliphatic rings. The van der Waals surface area contributed by atoms with Crippen LogP contribution in [-0.2, 0) is 30.2 Å². The highest BCUT2D eigenvalue weighted by Crippen LogP contribution is 2.48. The van der Waals surface area contributed by atoms with Crippen LogP contribution in [0.2, 0.25) is 24.5 Å². The van der Waals surface area contributed by atoms with Crippen molar-refractivity contribution in [3.05, 3.63) is 64.7 Å². The largest absolute Gasteiger partial charge is 0.460 e. The second kappa shape index (κ2) is 13.7. The first-order chi connectivity index (χ1) is 23.0. The van der Waals surface area contributed by atoms with Gasteiger partial charge in [-0.15, -0.1) is 0 Å². The minimum Gasteiger partial charge on any atom is -0.460 e. The molecule has 1 aliphatic heterocycles. The van der Waals surface area contributed by atoms with Crippen LogP contribution < -0.4 is 10.0 Å². The summed E-state index contributed by atoms with van der Waals surface area (Å²) < 4.78 is 68.0. The van der Waals surface area contributed by atoms with E-state index in [1.807, 2.05) is 33.8 Å². The minimum absolute atomic E-state index is 0.0423. The van der Waals surface area contributed by atoms with Crippen molar-refractivity contribution in [3.8, 4) is 0 Å². The van der Waals surface area contributed by atoms with E-state index >= 15 is 0 Å². The monoisotopic (exact) mass is 728 g/mol. The van der Waals surface area contributed by atoms with Crippen LogP contribution in [0.15, 0.2) is 40.8 Å². The van der Waals surface area contributed by atoms with Crippen molar-refractivity contribution in [2.75, 3.05) is 17.1 Å². The molecule has 13 heteroatoms. The highest BCUT2D eigenvalue weighted by molar-refractivity contribution is 7.92. The van der Waals surface area contributed by atoms with E-state index in [2.05, 4.69) is 33.9 Å². The molecule has 1 amide bonds. The number of halogens is 1. The molecule has 50 heavy (non-hydrogen) atoms. The molecule has 5 rings (SSSR count). The SMILES string of the molecule is CC1(C)OB(CCC(CCN(c2cc3oc(Cc4ccc(F)cc4)c(C(N)=O)c3cc2C2CC2)S(C)(=O)=O)O[Si](C)(C)C(C)(C)C)OC1(C)C. The van der Waals surface area contributed by atoms with Crippen LogP contribution in [0.3, 0.4) is 0 Å². The summed E-state index contributed by atoms with van der Waals surface area (Å²) in [5.74, 6) is -0.493. The number of sulfonamides is 1. The first-order valence-electron chi connectivity index (χ1n) is 17.6. The van der Waals surface area contributed by atoms with Gasteiger partial charge in [0.2, 0.25) is 10.0 Å². The molecule has 9 nitrogen and oxygen atoms in total. The predicted octanol–water partition coefficient (Wildman–Crippen LogP) is 8.17. The molecule has 1 unspecified atom stereocenters. The van der Waals surface area contributed by atoms with Gasteiger partial charge in [0.1, 0.15) is 17.2 Å². The Hall–Kier alpha value is -2.71. The maximum atomic E-state index is 13.6. The van der Waals surface area contributed by atoms with Crippen molar-refractivity contribution in [2.45, 2.75) is 128 Å². The van der Waals surface area contributed by atoms with E-state index in [4.69, 9.17) is 23.9 Å². The van der Waals surface area contributed by atoms with Crippen LogP contribution in [0.1, 0.15) is 107 Å². The Morgan fingerprint density at radius 1 is 1.08 bits per heavy atom. The summed E-state index contributed by atoms with van der Waals surface area (Å²) in [5.41, 5.74) is 7.76. The van der Waals surface area contributed by atoms with Crippen LogP contribution in [0.25, 0.3) is 11.0 Å². The number of carbonyl (C=O) groups excluding carboxylic acids is 1. The van der Waals surface area contributed by atoms with Gasteiger partial charge < -0.3 is 23.9 Å². The Morgan fingerprint density at radius 3 is 2.20 bits per heavy atom. The van der Waals surface area contributed by atoms with Gasteiger partial charge >= 0.3 is 7.12 Å². The molecule has 2 aromatic carbocycles. The lowest BCUT2D eigenvalue weighted by atomic mass is 9.81. The summed E-state index contributed by atoms with van der Waals surface area (Å²) in [7, 11) is -6.36. The summed E-state index contributed by atoms with van der Waals surface area (Å²) in [6.07, 6.45) is 4.75. The van der Waals surface area contributed by atoms with Crippen LogP contribution in [0.5, 0.6) is 0 Å². The van der Waals surface area contributed by atoms with Gasteiger partial charge in [-0.1, -0.05) is 32.9 Å². The lowest BCUT2D eigenvalue weighted by molar-refractivity contribution is 0.00578. The molecular weight excluding hydrogens is 674 g/mol. The molecule has 1 atom stereocenters. The number of anilines is 1. The molecular formula is C37H54BFN2O7SSi. The normalized spacial score (nSPS) is 18.5. The van der Waals surface area contributed by atoms with Crippen LogP contribution >= 0.6 is 0 Å². The van der Waals surface area contributed by atoms with Crippen molar-refractivity contribution in [1.29, 1.82) is 0 Å². The van der Waals surface area contributed by atoms with Crippen LogP contribution in [0, 0.1) is 5.82 Å². The molecule has 2 fully saturated rings. The van der Waals surface area contributed by atoms with Gasteiger partial charge in [-0.2, -0.15) is 0 Å². The molecule has 3 aromatic rings. The number of amides is 1. The zero-order valence-corrected chi connectivity index (χ0v) is 33.1. The summed E-state index contributed by atoms with van der Waals surface area (Å²) in [5, 5.41) is 0.509. The van der Waals surface area contributed by atoms with Crippen molar-refractivity contribution >= 4 is 48.0 Å². The number of hydrogen-bond donors (Lipinski definition) is 1. The van der Waals surface area contributed by atoms with Gasteiger partial charge in [0, 0.05) is 30.5 Å². The Kier molecular flexibility index (Phi) is 10.5. The zero-order chi connectivity index (χ0) is 37.0. The fraction of sp³-hybridized carbons (Fsp3) is 0.595. The van der Waals surface area contributed by atoms with Gasteiger partial charge in [0.15, 0.2) is 8.32 Å². The smallest absolute Gasteiger partial charge is 0.457 e. The Bertz CT molecular complexity index is 1820. The first-order valence-corrected chi connectivity index (χ1v) is 22.4. The van der Waals surface area contributed by atoms with Crippen molar-refractivity contribution in [3.63, 3.8) is 0 Å². The lowest BCUT2D eigenvalue weighted by Gasteiger charge is -2.40. The topological polar surface area (TPSA) is 121 Å². The molecule has 2 heterocycles. The molecule has 1 aromatic heterocycles. The number of hydrogen-bond acceptors (Lipinski definition) is 7. The van der Waals surface area contributed by atoms with Crippen molar-refractivity contribution < 1.29 is 35.8 Å². The Balaban J connectivity index is 1.48. The van der Waals surface area contributed by atoms with E-state index in [9.17, 15) is 17.6 Å².